The van der Waals surface area contributed by atoms with E-state index in [-0.39, 0.29) is 11.2 Å². The Morgan fingerprint density at radius 3 is 2.30 bits per heavy atom. The predicted molar refractivity (Wildman–Crippen MR) is 125 cm³/mol. The van der Waals surface area contributed by atoms with Gasteiger partial charge in [-0.05, 0) is 57.2 Å². The van der Waals surface area contributed by atoms with Crippen molar-refractivity contribution in [2.24, 2.45) is 4.99 Å². The molecular weight excluding hydrogens is 424 g/mol. The molecule has 2 heterocycles. The second-order valence-electron chi connectivity index (χ2n) is 7.45. The van der Waals surface area contributed by atoms with E-state index in [2.05, 4.69) is 15.2 Å². The number of aryl methyl sites for hydroxylation is 2. The van der Waals surface area contributed by atoms with Crippen LogP contribution in [0.1, 0.15) is 22.6 Å². The highest BCUT2D eigenvalue weighted by molar-refractivity contribution is 5.83. The third-order valence-electron chi connectivity index (χ3n) is 5.33. The van der Waals surface area contributed by atoms with Crippen LogP contribution in [0.5, 0.6) is 5.75 Å². The van der Waals surface area contributed by atoms with E-state index in [0.29, 0.717) is 39.8 Å². The van der Waals surface area contributed by atoms with E-state index in [4.69, 9.17) is 4.74 Å². The van der Waals surface area contributed by atoms with E-state index in [1.165, 1.54) is 23.0 Å². The first-order chi connectivity index (χ1) is 15.8. The average Bonchev–Trinajstić information content (AvgIpc) is 3.26. The van der Waals surface area contributed by atoms with Crippen LogP contribution in [0.2, 0.25) is 0 Å². The van der Waals surface area contributed by atoms with Gasteiger partial charge in [-0.15, -0.1) is 0 Å². The molecule has 0 atom stereocenters. The molecule has 1 N–H and O–H groups in total. The Hall–Kier alpha value is -4.47. The van der Waals surface area contributed by atoms with Gasteiger partial charge in [-0.25, -0.2) is 9.36 Å². The number of hydrogen-bond donors (Lipinski definition) is 1. The molecule has 0 fully saturated rings. The smallest absolute Gasteiger partial charge is 0.280 e. The fourth-order valence-electron chi connectivity index (χ4n) is 3.54. The summed E-state index contributed by atoms with van der Waals surface area (Å²) >= 11 is 0. The fraction of sp³-hybridized carbons (Fsp3) is 0.174. The maximum absolute atomic E-state index is 13.0. The Balaban J connectivity index is 1.67. The maximum Gasteiger partial charge on any atom is 0.280 e. The summed E-state index contributed by atoms with van der Waals surface area (Å²) in [6.07, 6.45) is 1.53. The van der Waals surface area contributed by atoms with Crippen LogP contribution in [-0.4, -0.2) is 37.8 Å². The van der Waals surface area contributed by atoms with Crippen molar-refractivity contribution in [3.63, 3.8) is 0 Å². The number of aromatic amines is 1. The van der Waals surface area contributed by atoms with Gasteiger partial charge in [-0.2, -0.15) is 5.10 Å². The Morgan fingerprint density at radius 2 is 1.70 bits per heavy atom. The number of nitro benzene ring substituents is 1. The normalized spacial score (nSPS) is 11.3. The molecule has 4 rings (SSSR count). The lowest BCUT2D eigenvalue weighted by atomic mass is 10.2. The second kappa shape index (κ2) is 8.58. The average molecular weight is 446 g/mol. The topological polar surface area (TPSA) is 120 Å². The number of nitrogens with one attached hydrogen (secondary N) is 1. The fourth-order valence-corrected chi connectivity index (χ4v) is 3.54. The number of non-ortho nitro benzene ring substituents is 1. The zero-order chi connectivity index (χ0) is 23.7. The minimum absolute atomic E-state index is 0.00889. The SMILES string of the molecule is COc1ccc(-n2[nH]c(C)c(C=Nc3c(C)nn(-c4ccc([N+](=O)[O-])cc4)c3C)c2=O)cc1. The number of aliphatic imine (C=N–C) groups is 1. The van der Waals surface area contributed by atoms with E-state index in [9.17, 15) is 14.9 Å². The summed E-state index contributed by atoms with van der Waals surface area (Å²) in [4.78, 5) is 28.0. The molecular formula is C23H22N6O4. The second-order valence-corrected chi connectivity index (χ2v) is 7.45. The minimum Gasteiger partial charge on any atom is -0.497 e. The highest BCUT2D eigenvalue weighted by Gasteiger charge is 2.15. The molecule has 2 aromatic carbocycles. The molecule has 0 unspecified atom stereocenters. The summed E-state index contributed by atoms with van der Waals surface area (Å²) in [5, 5.41) is 18.5. The van der Waals surface area contributed by atoms with Crippen molar-refractivity contribution in [1.29, 1.82) is 0 Å². The molecule has 0 saturated carbocycles. The van der Waals surface area contributed by atoms with Gasteiger partial charge >= 0.3 is 0 Å². The number of H-pyrrole nitrogens is 1. The van der Waals surface area contributed by atoms with Crippen LogP contribution in [-0.2, 0) is 0 Å². The first-order valence-corrected chi connectivity index (χ1v) is 10.1. The van der Waals surface area contributed by atoms with Gasteiger partial charge in [0, 0.05) is 24.0 Å². The number of methoxy groups -OCH3 is 1. The highest BCUT2D eigenvalue weighted by atomic mass is 16.6. The standard InChI is InChI=1S/C23H22N6O4/c1-14-21(23(30)28(25-14)18-9-11-20(33-4)12-10-18)13-24-22-15(2)26-27(16(22)3)17-5-7-19(8-6-17)29(31)32/h5-13,25H,1-4H3. The van der Waals surface area contributed by atoms with Gasteiger partial charge in [0.05, 0.1) is 40.4 Å². The number of rotatable bonds is 6. The quantitative estimate of drug-likeness (QED) is 0.273. The molecule has 10 heteroatoms. The third-order valence-corrected chi connectivity index (χ3v) is 5.33. The minimum atomic E-state index is -0.446. The van der Waals surface area contributed by atoms with E-state index < -0.39 is 4.92 Å². The van der Waals surface area contributed by atoms with Gasteiger partial charge in [0.2, 0.25) is 0 Å². The van der Waals surface area contributed by atoms with E-state index >= 15 is 0 Å². The lowest BCUT2D eigenvalue weighted by molar-refractivity contribution is -0.384. The Morgan fingerprint density at radius 1 is 1.06 bits per heavy atom. The van der Waals surface area contributed by atoms with Crippen molar-refractivity contribution in [1.82, 2.24) is 19.6 Å². The van der Waals surface area contributed by atoms with Gasteiger partial charge in [0.1, 0.15) is 11.4 Å². The lowest BCUT2D eigenvalue weighted by Crippen LogP contribution is -2.17. The first kappa shape index (κ1) is 21.8. The highest BCUT2D eigenvalue weighted by Crippen LogP contribution is 2.26. The van der Waals surface area contributed by atoms with Crippen LogP contribution in [0.3, 0.4) is 0 Å². The predicted octanol–water partition coefficient (Wildman–Crippen LogP) is 3.94. The summed E-state index contributed by atoms with van der Waals surface area (Å²) in [6, 6.07) is 13.3. The number of benzene rings is 2. The van der Waals surface area contributed by atoms with Crippen molar-refractivity contribution in [3.8, 4) is 17.1 Å². The van der Waals surface area contributed by atoms with Crippen LogP contribution in [0.25, 0.3) is 11.4 Å². The molecule has 0 radical (unpaired) electrons. The van der Waals surface area contributed by atoms with Crippen LogP contribution < -0.4 is 10.3 Å². The Bertz CT molecular complexity index is 1410. The monoisotopic (exact) mass is 446 g/mol. The largest absolute Gasteiger partial charge is 0.497 e. The summed E-state index contributed by atoms with van der Waals surface area (Å²) < 4.78 is 8.29. The number of aromatic nitrogens is 4. The van der Waals surface area contributed by atoms with Crippen molar-refractivity contribution >= 4 is 17.6 Å². The van der Waals surface area contributed by atoms with Gasteiger partial charge in [-0.1, -0.05) is 0 Å². The molecule has 0 bridgehead atoms. The molecule has 168 valence electrons. The summed E-state index contributed by atoms with van der Waals surface area (Å²) in [5.41, 5.74) is 4.32. The van der Waals surface area contributed by atoms with Crippen LogP contribution in [0.15, 0.2) is 58.3 Å². The Kier molecular flexibility index (Phi) is 5.65. The van der Waals surface area contributed by atoms with E-state index in [1.807, 2.05) is 20.8 Å². The van der Waals surface area contributed by atoms with Crippen LogP contribution in [0, 0.1) is 30.9 Å². The molecule has 0 aliphatic rings. The van der Waals surface area contributed by atoms with Crippen LogP contribution in [0.4, 0.5) is 11.4 Å². The zero-order valence-electron chi connectivity index (χ0n) is 18.6. The van der Waals surface area contributed by atoms with Gasteiger partial charge in [0.25, 0.3) is 11.2 Å². The van der Waals surface area contributed by atoms with Crippen molar-refractivity contribution in [3.05, 3.63) is 91.6 Å². The number of nitro groups is 1. The maximum atomic E-state index is 13.0. The van der Waals surface area contributed by atoms with Gasteiger partial charge < -0.3 is 4.74 Å². The number of ether oxygens (including phenoxy) is 1. The molecule has 10 nitrogen and oxygen atoms in total. The molecule has 33 heavy (non-hydrogen) atoms. The molecule has 0 saturated heterocycles. The molecule has 2 aromatic heterocycles. The number of nitrogens with zero attached hydrogens (tertiary/aromatic N) is 5. The zero-order valence-corrected chi connectivity index (χ0v) is 18.6. The van der Waals surface area contributed by atoms with Crippen LogP contribution >= 0.6 is 0 Å². The van der Waals surface area contributed by atoms with Crippen molar-refractivity contribution < 1.29 is 9.66 Å². The summed E-state index contributed by atoms with van der Waals surface area (Å²) in [5.74, 6) is 0.702. The molecule has 4 aromatic rings. The van der Waals surface area contributed by atoms with Crippen molar-refractivity contribution in [2.75, 3.05) is 7.11 Å². The molecule has 0 aliphatic carbocycles. The van der Waals surface area contributed by atoms with Gasteiger partial charge in [-0.3, -0.25) is 25.0 Å². The first-order valence-electron chi connectivity index (χ1n) is 10.1. The lowest BCUT2D eigenvalue weighted by Gasteiger charge is -2.03. The Labute approximate surface area is 188 Å². The summed E-state index contributed by atoms with van der Waals surface area (Å²) in [7, 11) is 1.59. The number of hydrogen-bond acceptors (Lipinski definition) is 6. The molecule has 0 amide bonds. The third kappa shape index (κ3) is 4.05. The van der Waals surface area contributed by atoms with Gasteiger partial charge in [0.15, 0.2) is 0 Å². The summed E-state index contributed by atoms with van der Waals surface area (Å²) in [6.45, 7) is 5.48. The van der Waals surface area contributed by atoms with E-state index in [1.54, 1.807) is 48.2 Å². The van der Waals surface area contributed by atoms with E-state index in [0.717, 1.165) is 5.69 Å². The molecule has 0 spiro atoms. The molecule has 0 aliphatic heterocycles. The van der Waals surface area contributed by atoms with Crippen molar-refractivity contribution in [2.45, 2.75) is 20.8 Å².